The molecule has 1 N–H and O–H groups in total. The van der Waals surface area contributed by atoms with Crippen LogP contribution in [0.15, 0.2) is 140 Å². The molecule has 0 unspecified atom stereocenters. The minimum atomic E-state index is -5.04. The van der Waals surface area contributed by atoms with Crippen LogP contribution in [0, 0.1) is 27.2 Å². The van der Waals surface area contributed by atoms with Gasteiger partial charge in [0.05, 0.1) is 48.9 Å². The first-order valence-corrected chi connectivity index (χ1v) is 17.0. The van der Waals surface area contributed by atoms with Crippen molar-refractivity contribution in [2.45, 2.75) is 11.8 Å². The van der Waals surface area contributed by atoms with Crippen LogP contribution in [-0.4, -0.2) is 38.8 Å². The van der Waals surface area contributed by atoms with Gasteiger partial charge in [0.25, 0.3) is 21.5 Å². The normalized spacial score (nSPS) is 10.9. The fourth-order valence-corrected chi connectivity index (χ4v) is 5.18. The van der Waals surface area contributed by atoms with E-state index in [1.54, 1.807) is 42.5 Å². The maximum atomic E-state index is 12.5. The molecule has 0 bridgehead atoms. The zero-order chi connectivity index (χ0) is 40.6. The Hall–Kier alpha value is -5.38. The summed E-state index contributed by atoms with van der Waals surface area (Å²) in [4.78, 5) is 22.9. The molecule has 6 aromatic rings. The van der Waals surface area contributed by atoms with E-state index in [1.807, 2.05) is 18.2 Å². The number of aryl methyl sites for hydroxylation is 1. The quantitative estimate of drug-likeness (QED) is 0.0468. The maximum Gasteiger partial charge on any atom is 3.00 e. The topological polar surface area (TPSA) is 313 Å². The molecule has 0 saturated heterocycles. The first-order valence-electron chi connectivity index (χ1n) is 15.6. The molecule has 1 aromatic heterocycles. The summed E-state index contributed by atoms with van der Waals surface area (Å²) in [6, 6.07) is 26.1. The SMILES string of the molecule is Cc1nn(-c2ccccc2)c([O-])c1N=Nc1cc([N+](=O)[O-])cc(S(=O)(=O)O)c1[O-].O=[N+]([O-])c1ccc([O-])c(N=Cc2cc(N=Nc3ccccc3)ccc2[O-])c1.[Cr+3].[Na+].[Na+]. The average Bonchev–Trinajstić information content (AvgIpc) is 3.46. The third-order valence-electron chi connectivity index (χ3n) is 7.28. The molecule has 5 aromatic carbocycles. The molecular weight excluding hydrogens is 852 g/mol. The summed E-state index contributed by atoms with van der Waals surface area (Å²) >= 11 is 0. The first-order chi connectivity index (χ1) is 26.6. The number of azo groups is 2. The van der Waals surface area contributed by atoms with Gasteiger partial charge in [-0.1, -0.05) is 65.8 Å². The molecule has 0 amide bonds. The predicted octanol–water partition coefficient (Wildman–Crippen LogP) is -0.188. The molecule has 0 atom stereocenters. The molecule has 0 aliphatic carbocycles. The van der Waals surface area contributed by atoms with Crippen LogP contribution in [0.5, 0.6) is 23.1 Å². The van der Waals surface area contributed by atoms with Crippen LogP contribution in [0.4, 0.5) is 39.8 Å². The number of nitro benzene ring substituents is 2. The molecule has 0 fully saturated rings. The third-order valence-corrected chi connectivity index (χ3v) is 8.14. The van der Waals surface area contributed by atoms with Gasteiger partial charge >= 0.3 is 76.5 Å². The van der Waals surface area contributed by atoms with Gasteiger partial charge in [-0.25, -0.2) is 4.68 Å². The number of aromatic nitrogens is 2. The van der Waals surface area contributed by atoms with Crippen molar-refractivity contribution < 1.29 is 120 Å². The Balaban J connectivity index is 0.000000388. The number of rotatable bonds is 10. The molecule has 1 heterocycles. The smallest absolute Gasteiger partial charge is 0.872 e. The largest absolute Gasteiger partial charge is 3.00 e. The minimum absolute atomic E-state index is 0. The Morgan fingerprint density at radius 1 is 0.695 bits per heavy atom. The monoisotopic (exact) mass is 875 g/mol. The molecule has 0 saturated carbocycles. The van der Waals surface area contributed by atoms with Crippen LogP contribution >= 0.6 is 0 Å². The van der Waals surface area contributed by atoms with Gasteiger partial charge in [-0.2, -0.15) is 28.9 Å². The summed E-state index contributed by atoms with van der Waals surface area (Å²) in [5, 5.41) is 89.6. The second kappa shape index (κ2) is 22.1. The summed E-state index contributed by atoms with van der Waals surface area (Å²) in [6.45, 7) is 1.46. The predicted molar refractivity (Wildman–Crippen MR) is 191 cm³/mol. The molecule has 59 heavy (non-hydrogen) atoms. The fourth-order valence-electron chi connectivity index (χ4n) is 4.57. The number of hydrogen-bond acceptors (Lipinski definition) is 16. The van der Waals surface area contributed by atoms with Crippen molar-refractivity contribution in [1.29, 1.82) is 0 Å². The van der Waals surface area contributed by atoms with Gasteiger partial charge in [-0.05, 0) is 48.9 Å². The summed E-state index contributed by atoms with van der Waals surface area (Å²) in [7, 11) is -5.04. The van der Waals surface area contributed by atoms with E-state index >= 15 is 0 Å². The van der Waals surface area contributed by atoms with E-state index in [4.69, 9.17) is 4.55 Å². The van der Waals surface area contributed by atoms with E-state index in [2.05, 4.69) is 30.5 Å². The van der Waals surface area contributed by atoms with Crippen molar-refractivity contribution in [3.05, 3.63) is 141 Å². The Kier molecular flexibility index (Phi) is 18.7. The van der Waals surface area contributed by atoms with E-state index in [0.717, 1.165) is 22.9 Å². The zero-order valence-electron chi connectivity index (χ0n) is 30.8. The fraction of sp³-hybridized carbons (Fsp3) is 0.0286. The van der Waals surface area contributed by atoms with E-state index < -0.39 is 53.6 Å². The third kappa shape index (κ3) is 13.1. The molecule has 0 aliphatic heterocycles. The van der Waals surface area contributed by atoms with Crippen molar-refractivity contribution in [1.82, 2.24) is 9.78 Å². The zero-order valence-corrected chi connectivity index (χ0v) is 36.9. The Bertz CT molecular complexity index is 2650. The van der Waals surface area contributed by atoms with Crippen LogP contribution in [0.3, 0.4) is 0 Å². The molecule has 20 nitrogen and oxygen atoms in total. The van der Waals surface area contributed by atoms with Crippen molar-refractivity contribution in [2.75, 3.05) is 0 Å². The minimum Gasteiger partial charge on any atom is -0.872 e. The molecule has 287 valence electrons. The van der Waals surface area contributed by atoms with E-state index in [9.17, 15) is 49.1 Å². The average molecular weight is 876 g/mol. The van der Waals surface area contributed by atoms with E-state index in [-0.39, 0.29) is 111 Å². The van der Waals surface area contributed by atoms with Crippen molar-refractivity contribution >= 4 is 56.1 Å². The Morgan fingerprint density at radius 3 is 1.88 bits per heavy atom. The van der Waals surface area contributed by atoms with E-state index in [0.29, 0.717) is 29.2 Å². The molecule has 24 heteroatoms. The van der Waals surface area contributed by atoms with Crippen LogP contribution in [0.25, 0.3) is 5.69 Å². The van der Waals surface area contributed by atoms with Gasteiger partial charge in [0.15, 0.2) is 0 Å². The van der Waals surface area contributed by atoms with Gasteiger partial charge in [0, 0.05) is 36.4 Å². The standard InChI is InChI=1S/C19H14N4O4.C16H13N5O7S.Cr.2Na/c24-18-8-6-15(22-21-14-4-2-1-3-5-14)10-13(18)12-20-17-11-16(23(26)27)7-9-19(17)25;1-9-14(16(23)20(19-9)10-5-3-2-4-6-10)18-17-12-7-11(21(24)25)8-13(15(12)22)29(26,27)28;;;/h1-12,24-25H;2-8,22-23H,1H3,(H,26,27,28);;;/q;;+3;2*+1/p-4. The van der Waals surface area contributed by atoms with Gasteiger partial charge in [-0.15, -0.1) is 5.11 Å². The molecule has 6 rings (SSSR count). The maximum absolute atomic E-state index is 12.5. The summed E-state index contributed by atoms with van der Waals surface area (Å²) in [5.74, 6) is -2.77. The van der Waals surface area contributed by atoms with Crippen LogP contribution in [0.1, 0.15) is 11.3 Å². The molecule has 0 aliphatic rings. The van der Waals surface area contributed by atoms with Gasteiger partial charge < -0.3 is 20.4 Å². The van der Waals surface area contributed by atoms with Gasteiger partial charge in [-0.3, -0.25) is 29.8 Å². The number of para-hydroxylation sites is 1. The number of hydrogen-bond donors (Lipinski definition) is 1. The summed E-state index contributed by atoms with van der Waals surface area (Å²) < 4.78 is 32.8. The number of nitrogens with zero attached hydrogens (tertiary/aromatic N) is 9. The summed E-state index contributed by atoms with van der Waals surface area (Å²) in [5.41, 5.74) is -0.268. The number of nitro groups is 2. The van der Waals surface area contributed by atoms with Crippen molar-refractivity contribution in [2.24, 2.45) is 25.4 Å². The number of non-ortho nitro benzene ring substituents is 2. The first kappa shape index (κ1) is 49.8. The molecule has 0 spiro atoms. The van der Waals surface area contributed by atoms with Crippen LogP contribution < -0.4 is 79.5 Å². The van der Waals surface area contributed by atoms with Gasteiger partial charge in [0.1, 0.15) is 5.69 Å². The van der Waals surface area contributed by atoms with Crippen molar-refractivity contribution in [3.63, 3.8) is 0 Å². The van der Waals surface area contributed by atoms with E-state index in [1.165, 1.54) is 31.3 Å². The second-order valence-corrected chi connectivity index (χ2v) is 12.5. The van der Waals surface area contributed by atoms with Crippen LogP contribution in [-0.2, 0) is 27.5 Å². The van der Waals surface area contributed by atoms with Gasteiger partial charge in [0.2, 0.25) is 0 Å². The van der Waals surface area contributed by atoms with Crippen molar-refractivity contribution in [3.8, 4) is 28.8 Å². The Morgan fingerprint density at radius 2 is 1.27 bits per heavy atom. The second-order valence-electron chi connectivity index (χ2n) is 11.1. The number of benzene rings is 5. The Labute approximate surface area is 389 Å². The number of aliphatic imine (C=N–C) groups is 1. The summed E-state index contributed by atoms with van der Waals surface area (Å²) in [6.07, 6.45) is 1.18. The molecule has 1 radical (unpaired) electrons. The van der Waals surface area contributed by atoms with Crippen LogP contribution in [0.2, 0.25) is 0 Å². The molecular formula is C35H23CrN9Na2O11S+.